The number of nitrogens with two attached hydrogens (primary N) is 9. The normalized spacial score (nSPS) is 14.0. The molecule has 45 heteroatoms. The molecule has 3 heterocycles. The van der Waals surface area contributed by atoms with Crippen LogP contribution in [0, 0.1) is 33.0 Å². The van der Waals surface area contributed by atoms with Gasteiger partial charge in [0.2, 0.25) is 76.8 Å². The zero-order valence-corrected chi connectivity index (χ0v) is 69.4. The summed E-state index contributed by atoms with van der Waals surface area (Å²) in [5.41, 5.74) is 54.1. The number of aromatic nitrogens is 3. The van der Waals surface area contributed by atoms with Gasteiger partial charge in [-0.2, -0.15) is 0 Å². The van der Waals surface area contributed by atoms with E-state index in [0.29, 0.717) is 55.8 Å². The van der Waals surface area contributed by atoms with Crippen LogP contribution in [0.4, 0.5) is 0 Å². The predicted molar refractivity (Wildman–Crippen MR) is 465 cm³/mol. The highest BCUT2D eigenvalue weighted by molar-refractivity contribution is 6.01. The van der Waals surface area contributed by atoms with Crippen LogP contribution in [0.1, 0.15) is 127 Å². The van der Waals surface area contributed by atoms with Gasteiger partial charge in [0.25, 0.3) is 0 Å². The Morgan fingerprint density at radius 1 is 0.323 bits per heavy atom. The van der Waals surface area contributed by atoms with E-state index < -0.39 is 174 Å². The third-order valence-electron chi connectivity index (χ3n) is 20.5. The van der Waals surface area contributed by atoms with Crippen LogP contribution in [-0.2, 0) is 81.6 Å². The van der Waals surface area contributed by atoms with Crippen molar-refractivity contribution in [2.24, 2.45) is 57.5 Å². The van der Waals surface area contributed by atoms with E-state index in [-0.39, 0.29) is 147 Å². The molecule has 0 spiro atoms. The van der Waals surface area contributed by atoms with Crippen LogP contribution >= 0.6 is 0 Å². The SMILES string of the molecule is CC[C@H](C)[C@H](NC(=O)[C@H](CCC(N)=O)NC(=O)[C@@H](N)CCCNC(=N)N)C(=O)N[C@@H](CCCNC(=N)N)C(=O)N[C@@H](CCCNC(=N)N)C(=O)N[C@@H](Cc1c[nH]c2ccccc12)C(=O)N[C@@H](Cc1c[nH]c2ccccc12)C(=O)N[C@@H](CCC(N)=O)C(=O)N[C@@H](Cc1c[nH]c2ccccc12)C(=O)N[C@@H](CCCNC(=N)N)C(=O)N[C@@H](CCCNC(=N)N)C(N)=O. The van der Waals surface area contributed by atoms with Gasteiger partial charge in [0.05, 0.1) is 6.04 Å². The fourth-order valence-electron chi connectivity index (χ4n) is 13.6. The maximum absolute atomic E-state index is 15.8. The molecule has 0 radical (unpaired) electrons. The zero-order valence-electron chi connectivity index (χ0n) is 69.4. The first-order valence-electron chi connectivity index (χ1n) is 40.7. The quantitative estimate of drug-likeness (QED) is 0.00963. The lowest BCUT2D eigenvalue weighted by atomic mass is 9.96. The molecule has 124 heavy (non-hydrogen) atoms. The monoisotopic (exact) mass is 1720 g/mol. The molecule has 0 saturated carbocycles. The van der Waals surface area contributed by atoms with Gasteiger partial charge in [-0.25, -0.2) is 0 Å². The lowest BCUT2D eigenvalue weighted by Crippen LogP contribution is -2.61. The molecule has 45 nitrogen and oxygen atoms in total. The van der Waals surface area contributed by atoms with E-state index in [1.165, 1.54) is 0 Å². The van der Waals surface area contributed by atoms with E-state index in [4.69, 9.17) is 78.6 Å². The fraction of sp³-hybridized carbons (Fsp3) is 0.468. The summed E-state index contributed by atoms with van der Waals surface area (Å²) in [4.78, 5) is 196. The van der Waals surface area contributed by atoms with Crippen molar-refractivity contribution >= 4 is 139 Å². The first kappa shape index (κ1) is 98.5. The standard InChI is InChI=1S/C79H120N32O13/c1-3-41(2)63(111-70(120)57(27-29-62(82)113)103-65(115)48(80)18-10-30-94-75(84)85)74(124)107-55(25-14-34-98-79(92)93)67(117)104-54(24-13-33-97-78(90)91)68(118)108-60(37-44-40-101-51-21-9-6-17-47(44)51)73(123)110-59(36-43-39-100-50-20-8-5-16-46(43)50)72(122)106-56(26-28-61(81)112)69(119)109-58(35-42-38-99-49-19-7-4-15-45(42)49)71(121)105-53(23-12-32-96-77(88)89)66(116)102-52(64(83)114)22-11-31-95-76(86)87/h4-9,15-17,19-21,38-41,48,52-60,63,99-101H,3,10-14,18,22-37,80H2,1-2H3,(H2,81,112)(H2,82,113)(H2,83,114)(H,102,116)(H,103,115)(H,104,117)(H,105,121)(H,106,122)(H,107,124)(H,108,118)(H,109,119)(H,110,123)(H,111,120)(H4,84,85,94)(H4,86,87,95)(H4,88,89,96)(H4,90,91,97)(H4,92,93,98)/t41-,48-,52-,53-,54-,55-,56-,57-,58-,59-,60-,63-/m0/s1. The Morgan fingerprint density at radius 3 is 0.871 bits per heavy atom. The highest BCUT2D eigenvalue weighted by Gasteiger charge is 2.39. The van der Waals surface area contributed by atoms with Crippen molar-refractivity contribution in [3.05, 3.63) is 108 Å². The van der Waals surface area contributed by atoms with Crippen molar-refractivity contribution in [3.63, 3.8) is 0 Å². The van der Waals surface area contributed by atoms with Gasteiger partial charge in [-0.15, -0.1) is 0 Å². The molecular formula is C79H120N32O13. The second-order valence-electron chi connectivity index (χ2n) is 30.0. The average molecular weight is 1730 g/mol. The third kappa shape index (κ3) is 33.0. The Kier molecular flexibility index (Phi) is 39.8. The molecule has 0 aliphatic heterocycles. The number of carbonyl (C=O) groups is 13. The fourth-order valence-corrected chi connectivity index (χ4v) is 13.6. The van der Waals surface area contributed by atoms with Gasteiger partial charge in [0, 0.05) is 116 Å². The topological polar surface area (TPSA) is 803 Å². The van der Waals surface area contributed by atoms with Crippen LogP contribution in [0.5, 0.6) is 0 Å². The highest BCUT2D eigenvalue weighted by Crippen LogP contribution is 2.24. The van der Waals surface area contributed by atoms with Gasteiger partial charge < -0.3 is 146 Å². The van der Waals surface area contributed by atoms with Gasteiger partial charge in [-0.1, -0.05) is 74.9 Å². The van der Waals surface area contributed by atoms with Crippen molar-refractivity contribution in [1.29, 1.82) is 27.0 Å². The van der Waals surface area contributed by atoms with Crippen molar-refractivity contribution in [2.75, 3.05) is 32.7 Å². The summed E-state index contributed by atoms with van der Waals surface area (Å²) in [6, 6.07) is 4.39. The number of rotatable bonds is 55. The van der Waals surface area contributed by atoms with Crippen molar-refractivity contribution < 1.29 is 62.3 Å². The largest absolute Gasteiger partial charge is 0.370 e. The molecule has 0 unspecified atom stereocenters. The number of nitrogens with one attached hydrogen (secondary N) is 23. The van der Waals surface area contributed by atoms with E-state index in [1.54, 1.807) is 105 Å². The van der Waals surface area contributed by atoms with Gasteiger partial charge in [0.15, 0.2) is 29.8 Å². The smallest absolute Gasteiger partial charge is 0.243 e. The molecule has 12 atom stereocenters. The molecule has 3 aromatic heterocycles. The number of benzene rings is 3. The second kappa shape index (κ2) is 50.1. The Labute approximate surface area is 714 Å². The Bertz CT molecular complexity index is 4740. The molecule has 6 aromatic rings. The summed E-state index contributed by atoms with van der Waals surface area (Å²) in [5, 5.41) is 80.1. The minimum absolute atomic E-state index is 0.00285. The molecule has 0 saturated heterocycles. The van der Waals surface area contributed by atoms with E-state index in [1.807, 2.05) is 0 Å². The van der Waals surface area contributed by atoms with E-state index in [2.05, 4.69) is 94.7 Å². The van der Waals surface area contributed by atoms with Crippen LogP contribution in [0.2, 0.25) is 0 Å². The van der Waals surface area contributed by atoms with Crippen molar-refractivity contribution in [3.8, 4) is 0 Å². The molecular weight excluding hydrogens is 1610 g/mol. The molecule has 0 aliphatic rings. The number of para-hydroxylation sites is 3. The summed E-state index contributed by atoms with van der Waals surface area (Å²) in [6.07, 6.45) is 2.56. The number of guanidine groups is 5. The molecule has 0 aliphatic carbocycles. The summed E-state index contributed by atoms with van der Waals surface area (Å²) in [5.74, 6) is -14.7. The minimum Gasteiger partial charge on any atom is -0.370 e. The van der Waals surface area contributed by atoms with E-state index >= 15 is 28.8 Å². The number of carbonyl (C=O) groups excluding carboxylic acids is 13. The first-order valence-corrected chi connectivity index (χ1v) is 40.7. The maximum Gasteiger partial charge on any atom is 0.243 e. The van der Waals surface area contributed by atoms with Gasteiger partial charge in [-0.3, -0.25) is 89.4 Å². The van der Waals surface area contributed by atoms with Crippen LogP contribution in [0.25, 0.3) is 32.7 Å². The van der Waals surface area contributed by atoms with Crippen LogP contribution in [-0.4, -0.2) is 221 Å². The number of fused-ring (bicyclic) bond motifs is 3. The van der Waals surface area contributed by atoms with Gasteiger partial charge >= 0.3 is 0 Å². The highest BCUT2D eigenvalue weighted by atomic mass is 16.2. The third-order valence-corrected chi connectivity index (χ3v) is 20.5. The Balaban J connectivity index is 1.38. The summed E-state index contributed by atoms with van der Waals surface area (Å²) in [7, 11) is 0. The average Bonchev–Trinajstić information content (AvgIpc) is 1.66. The summed E-state index contributed by atoms with van der Waals surface area (Å²) >= 11 is 0. The predicted octanol–water partition coefficient (Wildman–Crippen LogP) is -5.29. The Morgan fingerprint density at radius 2 is 0.573 bits per heavy atom. The number of primary amides is 3. The van der Waals surface area contributed by atoms with Crippen molar-refractivity contribution in [2.45, 2.75) is 196 Å². The number of hydrogen-bond acceptors (Lipinski definition) is 19. The number of H-pyrrole nitrogens is 3. The van der Waals surface area contributed by atoms with Crippen LogP contribution in [0.3, 0.4) is 0 Å². The van der Waals surface area contributed by atoms with E-state index in [0.717, 1.165) is 0 Å². The van der Waals surface area contributed by atoms with Crippen LogP contribution in [0.15, 0.2) is 91.4 Å². The van der Waals surface area contributed by atoms with Gasteiger partial charge in [0.1, 0.15) is 60.4 Å². The Hall–Kier alpha value is -14.3. The maximum atomic E-state index is 15.8. The summed E-state index contributed by atoms with van der Waals surface area (Å²) < 4.78 is 0. The molecule has 0 fully saturated rings. The second-order valence-corrected chi connectivity index (χ2v) is 30.0. The zero-order chi connectivity index (χ0) is 91.1. The molecule has 0 bridgehead atoms. The van der Waals surface area contributed by atoms with E-state index in [9.17, 15) is 33.6 Å². The molecule has 674 valence electrons. The van der Waals surface area contributed by atoms with Crippen LogP contribution < -0.4 is 131 Å². The lowest BCUT2D eigenvalue weighted by Gasteiger charge is -2.30. The first-order chi connectivity index (χ1) is 59.0. The molecule has 41 N–H and O–H groups in total. The minimum atomic E-state index is -1.75. The molecule has 6 rings (SSSR count). The van der Waals surface area contributed by atoms with Gasteiger partial charge in [-0.05, 0) is 118 Å². The molecule has 3 aromatic carbocycles. The number of amides is 13. The number of hydrogen-bond donors (Lipinski definition) is 32. The van der Waals surface area contributed by atoms with Crippen molar-refractivity contribution in [1.82, 2.24) is 94.7 Å². The number of aromatic amines is 3. The lowest BCUT2D eigenvalue weighted by molar-refractivity contribution is -0.136. The summed E-state index contributed by atoms with van der Waals surface area (Å²) in [6.45, 7) is 3.71. The molecule has 13 amide bonds.